The fraction of sp³-hybridized carbons (Fsp3) is 0.0833. The standard InChI is InChI=1S/C24H17BrN2O5/c25-17-7-9-18(10-8-17)26-21(28)14-32-24(31)16-6-11-19-20(12-16)23(30)27(22(19)29)13-15-4-2-1-3-5-15/h1-12H,13-14H2,(H,26,28). The van der Waals surface area contributed by atoms with Crippen molar-refractivity contribution in [3.05, 3.63) is 99.5 Å². The second-order valence-corrected chi connectivity index (χ2v) is 7.99. The van der Waals surface area contributed by atoms with Crippen molar-refractivity contribution < 1.29 is 23.9 Å². The van der Waals surface area contributed by atoms with Crippen LogP contribution in [0.4, 0.5) is 5.69 Å². The molecular formula is C24H17BrN2O5. The first-order valence-corrected chi connectivity index (χ1v) is 10.5. The van der Waals surface area contributed by atoms with Crippen LogP contribution in [0.1, 0.15) is 36.6 Å². The maximum absolute atomic E-state index is 12.8. The second kappa shape index (κ2) is 9.15. The van der Waals surface area contributed by atoms with Gasteiger partial charge in [0.15, 0.2) is 6.61 Å². The van der Waals surface area contributed by atoms with Crippen LogP contribution in [0.2, 0.25) is 0 Å². The van der Waals surface area contributed by atoms with E-state index >= 15 is 0 Å². The highest BCUT2D eigenvalue weighted by Crippen LogP contribution is 2.26. The monoisotopic (exact) mass is 492 g/mol. The van der Waals surface area contributed by atoms with Gasteiger partial charge in [0.05, 0.1) is 23.2 Å². The van der Waals surface area contributed by atoms with Gasteiger partial charge in [0.1, 0.15) is 0 Å². The number of esters is 1. The van der Waals surface area contributed by atoms with E-state index in [9.17, 15) is 19.2 Å². The molecule has 0 atom stereocenters. The van der Waals surface area contributed by atoms with Gasteiger partial charge in [0, 0.05) is 10.2 Å². The number of benzene rings is 3. The van der Waals surface area contributed by atoms with Crippen LogP contribution in [0.3, 0.4) is 0 Å². The number of nitrogens with one attached hydrogen (secondary N) is 1. The van der Waals surface area contributed by atoms with E-state index in [4.69, 9.17) is 4.74 Å². The number of anilines is 1. The molecule has 4 rings (SSSR count). The predicted octanol–water partition coefficient (Wildman–Crippen LogP) is 4.04. The topological polar surface area (TPSA) is 92.8 Å². The second-order valence-electron chi connectivity index (χ2n) is 7.07. The Bertz CT molecular complexity index is 1210. The van der Waals surface area contributed by atoms with Gasteiger partial charge in [0.2, 0.25) is 0 Å². The lowest BCUT2D eigenvalue weighted by Gasteiger charge is -2.13. The molecule has 0 unspecified atom stereocenters. The van der Waals surface area contributed by atoms with E-state index < -0.39 is 30.3 Å². The highest BCUT2D eigenvalue weighted by molar-refractivity contribution is 9.10. The molecule has 32 heavy (non-hydrogen) atoms. The molecule has 0 aromatic heterocycles. The average molecular weight is 493 g/mol. The van der Waals surface area contributed by atoms with Crippen LogP contribution in [0.5, 0.6) is 0 Å². The molecule has 1 aliphatic heterocycles. The number of carbonyl (C=O) groups excluding carboxylic acids is 4. The van der Waals surface area contributed by atoms with Gasteiger partial charge in [-0.25, -0.2) is 4.79 Å². The molecule has 0 aliphatic carbocycles. The summed E-state index contributed by atoms with van der Waals surface area (Å²) in [5.74, 6) is -2.15. The molecule has 0 saturated carbocycles. The zero-order valence-corrected chi connectivity index (χ0v) is 18.3. The Balaban J connectivity index is 1.40. The van der Waals surface area contributed by atoms with E-state index in [1.54, 1.807) is 24.3 Å². The minimum atomic E-state index is -0.763. The number of imide groups is 1. The van der Waals surface area contributed by atoms with Gasteiger partial charge in [-0.05, 0) is 48.0 Å². The van der Waals surface area contributed by atoms with Gasteiger partial charge in [0.25, 0.3) is 17.7 Å². The molecule has 3 amide bonds. The van der Waals surface area contributed by atoms with Crippen LogP contribution in [0, 0.1) is 0 Å². The summed E-state index contributed by atoms with van der Waals surface area (Å²) in [6, 6.07) is 20.3. The molecule has 1 heterocycles. The maximum atomic E-state index is 12.8. The number of fused-ring (bicyclic) bond motifs is 1. The summed E-state index contributed by atoms with van der Waals surface area (Å²) in [7, 11) is 0. The van der Waals surface area contributed by atoms with Crippen molar-refractivity contribution in [1.29, 1.82) is 0 Å². The Morgan fingerprint density at radius 2 is 1.56 bits per heavy atom. The van der Waals surface area contributed by atoms with E-state index in [1.807, 2.05) is 30.3 Å². The largest absolute Gasteiger partial charge is 0.452 e. The predicted molar refractivity (Wildman–Crippen MR) is 120 cm³/mol. The number of rotatable bonds is 6. The quantitative estimate of drug-likeness (QED) is 0.414. The normalized spacial score (nSPS) is 12.5. The fourth-order valence-corrected chi connectivity index (χ4v) is 3.54. The molecular weight excluding hydrogens is 476 g/mol. The molecule has 0 saturated heterocycles. The molecule has 0 bridgehead atoms. The molecule has 3 aromatic carbocycles. The third-order valence-electron chi connectivity index (χ3n) is 4.85. The number of carbonyl (C=O) groups is 4. The lowest BCUT2D eigenvalue weighted by Crippen LogP contribution is -2.29. The lowest BCUT2D eigenvalue weighted by molar-refractivity contribution is -0.119. The van der Waals surface area contributed by atoms with Crippen LogP contribution in [0.25, 0.3) is 0 Å². The Hall–Kier alpha value is -3.78. The van der Waals surface area contributed by atoms with Crippen molar-refractivity contribution in [3.8, 4) is 0 Å². The van der Waals surface area contributed by atoms with E-state index in [-0.39, 0.29) is 23.2 Å². The molecule has 160 valence electrons. The Labute approximate surface area is 192 Å². The molecule has 3 aromatic rings. The summed E-state index contributed by atoms with van der Waals surface area (Å²) in [5.41, 5.74) is 1.84. The Kier molecular flexibility index (Phi) is 6.13. The van der Waals surface area contributed by atoms with Crippen LogP contribution in [-0.4, -0.2) is 35.2 Å². The van der Waals surface area contributed by atoms with E-state index in [1.165, 1.54) is 18.2 Å². The van der Waals surface area contributed by atoms with Crippen molar-refractivity contribution >= 4 is 45.3 Å². The summed E-state index contributed by atoms with van der Waals surface area (Å²) in [6.07, 6.45) is 0. The van der Waals surface area contributed by atoms with Gasteiger partial charge in [-0.3, -0.25) is 19.3 Å². The van der Waals surface area contributed by atoms with Crippen LogP contribution < -0.4 is 5.32 Å². The molecule has 7 nitrogen and oxygen atoms in total. The molecule has 0 radical (unpaired) electrons. The van der Waals surface area contributed by atoms with Crippen LogP contribution >= 0.6 is 15.9 Å². The first-order chi connectivity index (χ1) is 15.4. The molecule has 1 aliphatic rings. The lowest BCUT2D eigenvalue weighted by atomic mass is 10.1. The smallest absolute Gasteiger partial charge is 0.338 e. The third kappa shape index (κ3) is 4.60. The van der Waals surface area contributed by atoms with Crippen molar-refractivity contribution in [1.82, 2.24) is 4.90 Å². The highest BCUT2D eigenvalue weighted by Gasteiger charge is 2.36. The maximum Gasteiger partial charge on any atom is 0.338 e. The van der Waals surface area contributed by atoms with Crippen molar-refractivity contribution in [2.75, 3.05) is 11.9 Å². The van der Waals surface area contributed by atoms with Crippen molar-refractivity contribution in [3.63, 3.8) is 0 Å². The average Bonchev–Trinajstić information content (AvgIpc) is 3.04. The zero-order chi connectivity index (χ0) is 22.7. The summed E-state index contributed by atoms with van der Waals surface area (Å²) < 4.78 is 5.93. The van der Waals surface area contributed by atoms with Crippen molar-refractivity contribution in [2.45, 2.75) is 6.54 Å². The highest BCUT2D eigenvalue weighted by atomic mass is 79.9. The first kappa shape index (κ1) is 21.5. The number of halogens is 1. The minimum absolute atomic E-state index is 0.0860. The summed E-state index contributed by atoms with van der Waals surface area (Å²) >= 11 is 3.31. The van der Waals surface area contributed by atoms with Crippen LogP contribution in [0.15, 0.2) is 77.3 Å². The first-order valence-electron chi connectivity index (χ1n) is 9.69. The number of hydrogen-bond donors (Lipinski definition) is 1. The number of nitrogens with zero attached hydrogens (tertiary/aromatic N) is 1. The summed E-state index contributed by atoms with van der Waals surface area (Å²) in [4.78, 5) is 51.0. The zero-order valence-electron chi connectivity index (χ0n) is 16.7. The Morgan fingerprint density at radius 3 is 2.28 bits per heavy atom. The van der Waals surface area contributed by atoms with Crippen LogP contribution in [-0.2, 0) is 16.1 Å². The molecule has 8 heteroatoms. The van der Waals surface area contributed by atoms with E-state index in [2.05, 4.69) is 21.2 Å². The minimum Gasteiger partial charge on any atom is -0.452 e. The van der Waals surface area contributed by atoms with Gasteiger partial charge in [-0.2, -0.15) is 0 Å². The Morgan fingerprint density at radius 1 is 0.875 bits per heavy atom. The summed E-state index contributed by atoms with van der Waals surface area (Å²) in [5, 5.41) is 2.62. The number of amides is 3. The van der Waals surface area contributed by atoms with Gasteiger partial charge in [-0.15, -0.1) is 0 Å². The van der Waals surface area contributed by atoms with E-state index in [0.29, 0.717) is 5.69 Å². The molecule has 0 fully saturated rings. The van der Waals surface area contributed by atoms with Gasteiger partial charge >= 0.3 is 5.97 Å². The van der Waals surface area contributed by atoms with Gasteiger partial charge in [-0.1, -0.05) is 46.3 Å². The van der Waals surface area contributed by atoms with E-state index in [0.717, 1.165) is 14.9 Å². The molecule has 1 N–H and O–H groups in total. The fourth-order valence-electron chi connectivity index (χ4n) is 3.27. The SMILES string of the molecule is O=C(COC(=O)c1ccc2c(c1)C(=O)N(Cc1ccccc1)C2=O)Nc1ccc(Br)cc1. The van der Waals surface area contributed by atoms with Gasteiger partial charge < -0.3 is 10.1 Å². The summed E-state index contributed by atoms with van der Waals surface area (Å²) in [6.45, 7) is -0.345. The molecule has 0 spiro atoms. The number of hydrogen-bond acceptors (Lipinski definition) is 5. The number of ether oxygens (including phenoxy) is 1. The van der Waals surface area contributed by atoms with Crippen molar-refractivity contribution in [2.24, 2.45) is 0 Å². The third-order valence-corrected chi connectivity index (χ3v) is 5.38.